The van der Waals surface area contributed by atoms with E-state index in [4.69, 9.17) is 42.0 Å². The van der Waals surface area contributed by atoms with Gasteiger partial charge in [-0.3, -0.25) is 13.6 Å². The third-order valence-corrected chi connectivity index (χ3v) is 5.53. The van der Waals surface area contributed by atoms with Gasteiger partial charge in [0.05, 0.1) is 0 Å². The monoisotopic (exact) mass is 472 g/mol. The van der Waals surface area contributed by atoms with Crippen molar-refractivity contribution in [2.45, 2.75) is 118 Å². The van der Waals surface area contributed by atoms with Crippen LogP contribution in [0.4, 0.5) is 0 Å². The number of hydrogen-bond donors (Lipinski definition) is 0. The van der Waals surface area contributed by atoms with Crippen LogP contribution in [-0.2, 0) is 42.0 Å². The lowest BCUT2D eigenvalue weighted by molar-refractivity contribution is -0.243. The Morgan fingerprint density at radius 1 is 0.419 bits per heavy atom. The predicted octanol–water partition coefficient (Wildman–Crippen LogP) is 5.67. The molecule has 0 heterocycles. The first-order valence-electron chi connectivity index (χ1n) is 11.3. The molecule has 0 N–H and O–H groups in total. The molecule has 6 atom stereocenters. The fraction of sp³-hybridized carbons (Fsp3) is 1.00. The van der Waals surface area contributed by atoms with E-state index in [0.29, 0.717) is 38.5 Å². The van der Waals surface area contributed by atoms with Crippen molar-refractivity contribution >= 4 is 8.60 Å². The first kappa shape index (κ1) is 31.1. The third-order valence-electron chi connectivity index (χ3n) is 4.31. The van der Waals surface area contributed by atoms with Crippen molar-refractivity contribution in [3.63, 3.8) is 0 Å². The lowest BCUT2D eigenvalue weighted by atomic mass is 10.4. The van der Waals surface area contributed by atoms with E-state index in [-0.39, 0.29) is 18.9 Å². The van der Waals surface area contributed by atoms with E-state index in [1.54, 1.807) is 21.3 Å². The highest BCUT2D eigenvalue weighted by molar-refractivity contribution is 7.41. The lowest BCUT2D eigenvalue weighted by Gasteiger charge is -2.31. The van der Waals surface area contributed by atoms with Crippen LogP contribution in [0.2, 0.25) is 0 Å². The van der Waals surface area contributed by atoms with Crippen LogP contribution >= 0.6 is 8.60 Å². The highest BCUT2D eigenvalue weighted by atomic mass is 31.2. The van der Waals surface area contributed by atoms with Crippen LogP contribution in [0, 0.1) is 0 Å². The second kappa shape index (κ2) is 19.5. The van der Waals surface area contributed by atoms with Crippen molar-refractivity contribution in [2.75, 3.05) is 21.3 Å². The zero-order valence-corrected chi connectivity index (χ0v) is 21.7. The quantitative estimate of drug-likeness (QED) is 0.155. The Labute approximate surface area is 190 Å². The molecule has 0 spiro atoms. The molecule has 0 aliphatic carbocycles. The van der Waals surface area contributed by atoms with E-state index in [0.717, 1.165) is 0 Å². The second-order valence-corrected chi connectivity index (χ2v) is 7.76. The SMILES string of the molecule is CCC(OC)OC(CC)OP(OC(CC)OC(CC)OC)OC(CC)OC(CC)OC. The molecule has 0 fully saturated rings. The number of rotatable bonds is 21. The van der Waals surface area contributed by atoms with Gasteiger partial charge >= 0.3 is 8.60 Å². The molecule has 6 unspecified atom stereocenters. The van der Waals surface area contributed by atoms with Gasteiger partial charge in [-0.2, -0.15) is 0 Å². The minimum atomic E-state index is -1.86. The largest absolute Gasteiger partial charge is 0.356 e. The van der Waals surface area contributed by atoms with Crippen molar-refractivity contribution in [3.05, 3.63) is 0 Å². The fourth-order valence-corrected chi connectivity index (χ4v) is 3.73. The normalized spacial score (nSPS) is 18.9. The summed E-state index contributed by atoms with van der Waals surface area (Å²) in [6, 6.07) is 0. The summed E-state index contributed by atoms with van der Waals surface area (Å²) in [4.78, 5) is 0. The molecule has 0 saturated heterocycles. The molecule has 0 aromatic carbocycles. The summed E-state index contributed by atoms with van der Waals surface area (Å²) in [6.07, 6.45) is 0.988. The average Bonchev–Trinajstić information content (AvgIpc) is 2.81. The highest BCUT2D eigenvalue weighted by Gasteiger charge is 2.30. The molecule has 0 aliphatic rings. The van der Waals surface area contributed by atoms with Crippen molar-refractivity contribution in [2.24, 2.45) is 0 Å². The van der Waals surface area contributed by atoms with Gasteiger partial charge in [0, 0.05) is 21.3 Å². The fourth-order valence-electron chi connectivity index (χ4n) is 2.41. The Kier molecular flexibility index (Phi) is 19.6. The van der Waals surface area contributed by atoms with Gasteiger partial charge in [-0.1, -0.05) is 41.5 Å². The molecule has 31 heavy (non-hydrogen) atoms. The van der Waals surface area contributed by atoms with Gasteiger partial charge in [-0.25, -0.2) is 0 Å². The molecular weight excluding hydrogens is 427 g/mol. The molecule has 0 amide bonds. The smallest absolute Gasteiger partial charge is 0.339 e. The summed E-state index contributed by atoms with van der Waals surface area (Å²) >= 11 is 0. The standard InChI is InChI=1S/C21H45O9P/c1-10-16(22-7)25-19(13-4)28-31(29-20(14-5)26-17(11-2)23-8)30-21(15-6)27-18(12-3)24-9/h16-21H,10-15H2,1-9H3. The Hall–Kier alpha value is 0.0700. The van der Waals surface area contributed by atoms with Crippen LogP contribution in [0.1, 0.15) is 80.1 Å². The van der Waals surface area contributed by atoms with E-state index in [1.807, 2.05) is 41.5 Å². The van der Waals surface area contributed by atoms with Gasteiger partial charge in [0.1, 0.15) is 0 Å². The molecule has 0 radical (unpaired) electrons. The molecule has 10 heteroatoms. The van der Waals surface area contributed by atoms with Gasteiger partial charge < -0.3 is 28.4 Å². The van der Waals surface area contributed by atoms with Crippen molar-refractivity contribution < 1.29 is 42.0 Å². The second-order valence-electron chi connectivity index (χ2n) is 6.68. The molecule has 0 aliphatic heterocycles. The van der Waals surface area contributed by atoms with Crippen LogP contribution in [-0.4, -0.2) is 59.1 Å². The maximum Gasteiger partial charge on any atom is 0.339 e. The molecular formula is C21H45O9P. The van der Waals surface area contributed by atoms with E-state index in [1.165, 1.54) is 0 Å². The summed E-state index contributed by atoms with van der Waals surface area (Å²) in [6.45, 7) is 11.8. The zero-order valence-electron chi connectivity index (χ0n) is 20.8. The first-order valence-corrected chi connectivity index (χ1v) is 12.4. The van der Waals surface area contributed by atoms with Gasteiger partial charge in [0.2, 0.25) is 0 Å². The topological polar surface area (TPSA) is 83.1 Å². The lowest BCUT2D eigenvalue weighted by Crippen LogP contribution is -2.29. The summed E-state index contributed by atoms with van der Waals surface area (Å²) < 4.78 is 51.8. The van der Waals surface area contributed by atoms with Crippen molar-refractivity contribution in [1.82, 2.24) is 0 Å². The number of methoxy groups -OCH3 is 3. The predicted molar refractivity (Wildman–Crippen MR) is 119 cm³/mol. The van der Waals surface area contributed by atoms with E-state index in [2.05, 4.69) is 0 Å². The van der Waals surface area contributed by atoms with Crippen LogP contribution in [0.3, 0.4) is 0 Å². The zero-order chi connectivity index (χ0) is 23.6. The Balaban J connectivity index is 5.35. The van der Waals surface area contributed by atoms with E-state index < -0.39 is 27.5 Å². The maximum absolute atomic E-state index is 6.07. The molecule has 0 aromatic rings. The van der Waals surface area contributed by atoms with Crippen LogP contribution < -0.4 is 0 Å². The minimum absolute atomic E-state index is 0.380. The van der Waals surface area contributed by atoms with E-state index >= 15 is 0 Å². The summed E-state index contributed by atoms with van der Waals surface area (Å²) in [7, 11) is 2.94. The van der Waals surface area contributed by atoms with Gasteiger partial charge in [0.15, 0.2) is 37.7 Å². The maximum atomic E-state index is 6.07. The summed E-state index contributed by atoms with van der Waals surface area (Å²) in [5.74, 6) is 0. The van der Waals surface area contributed by atoms with E-state index in [9.17, 15) is 0 Å². The van der Waals surface area contributed by atoms with Gasteiger partial charge in [-0.05, 0) is 38.5 Å². The Morgan fingerprint density at radius 3 is 0.806 bits per heavy atom. The third kappa shape index (κ3) is 13.4. The Morgan fingerprint density at radius 2 is 0.645 bits per heavy atom. The van der Waals surface area contributed by atoms with Crippen LogP contribution in [0.15, 0.2) is 0 Å². The van der Waals surface area contributed by atoms with Gasteiger partial charge in [-0.15, -0.1) is 0 Å². The minimum Gasteiger partial charge on any atom is -0.356 e. The molecule has 0 rings (SSSR count). The van der Waals surface area contributed by atoms with Gasteiger partial charge in [0.25, 0.3) is 0 Å². The molecule has 9 nitrogen and oxygen atoms in total. The average molecular weight is 473 g/mol. The highest BCUT2D eigenvalue weighted by Crippen LogP contribution is 2.46. The molecule has 0 aromatic heterocycles. The van der Waals surface area contributed by atoms with Crippen molar-refractivity contribution in [1.29, 1.82) is 0 Å². The molecule has 188 valence electrons. The molecule has 0 saturated carbocycles. The Bertz CT molecular complexity index is 336. The molecule has 0 bridgehead atoms. The number of ether oxygens (including phenoxy) is 6. The van der Waals surface area contributed by atoms with Crippen molar-refractivity contribution in [3.8, 4) is 0 Å². The summed E-state index contributed by atoms with van der Waals surface area (Å²) in [5.41, 5.74) is 0. The number of hydrogen-bond acceptors (Lipinski definition) is 9. The summed E-state index contributed by atoms with van der Waals surface area (Å²) in [5, 5.41) is 0. The van der Waals surface area contributed by atoms with Crippen LogP contribution in [0.5, 0.6) is 0 Å². The first-order chi connectivity index (χ1) is 14.9. The van der Waals surface area contributed by atoms with Crippen LogP contribution in [0.25, 0.3) is 0 Å².